The molecule has 0 saturated heterocycles. The van der Waals surface area contributed by atoms with Crippen LogP contribution in [0.1, 0.15) is 56.2 Å². The van der Waals surface area contributed by atoms with Gasteiger partial charge in [-0.15, -0.1) is 0 Å². The Morgan fingerprint density at radius 3 is 2.19 bits per heavy atom. The minimum Gasteiger partial charge on any atom is -0.494 e. The Morgan fingerprint density at radius 1 is 0.704 bits per heavy atom. The van der Waals surface area contributed by atoms with Crippen LogP contribution < -0.4 is 4.74 Å². The summed E-state index contributed by atoms with van der Waals surface area (Å²) in [6.45, 7) is 5.20. The van der Waals surface area contributed by atoms with E-state index in [-0.39, 0.29) is 0 Å². The SMILES string of the molecule is CCCCCOc1ccc(C#Cc2ccc3cc(CCC)ccc3c2)cc1. The molecule has 0 spiro atoms. The van der Waals surface area contributed by atoms with E-state index in [1.807, 2.05) is 24.3 Å². The van der Waals surface area contributed by atoms with Crippen molar-refractivity contribution in [2.75, 3.05) is 6.61 Å². The second kappa shape index (κ2) is 9.83. The van der Waals surface area contributed by atoms with Gasteiger partial charge in [-0.2, -0.15) is 0 Å². The highest BCUT2D eigenvalue weighted by Gasteiger charge is 1.98. The van der Waals surface area contributed by atoms with Crippen molar-refractivity contribution >= 4 is 10.8 Å². The van der Waals surface area contributed by atoms with Crippen LogP contribution >= 0.6 is 0 Å². The number of unbranched alkanes of at least 4 members (excludes halogenated alkanes) is 2. The van der Waals surface area contributed by atoms with E-state index in [0.717, 1.165) is 36.3 Å². The molecule has 0 heterocycles. The van der Waals surface area contributed by atoms with E-state index < -0.39 is 0 Å². The van der Waals surface area contributed by atoms with Gasteiger partial charge in [0.05, 0.1) is 6.61 Å². The van der Waals surface area contributed by atoms with Crippen LogP contribution in [0.5, 0.6) is 5.75 Å². The Bertz CT molecular complexity index is 926. The molecule has 0 atom stereocenters. The number of hydrogen-bond donors (Lipinski definition) is 0. The summed E-state index contributed by atoms with van der Waals surface area (Å²) >= 11 is 0. The minimum atomic E-state index is 0.788. The van der Waals surface area contributed by atoms with E-state index in [0.29, 0.717) is 0 Å². The van der Waals surface area contributed by atoms with Crippen molar-refractivity contribution < 1.29 is 4.74 Å². The first kappa shape index (κ1) is 19.1. The third-order valence-electron chi connectivity index (χ3n) is 4.67. The fraction of sp³-hybridized carbons (Fsp3) is 0.308. The molecule has 0 aliphatic rings. The van der Waals surface area contributed by atoms with E-state index in [2.05, 4.69) is 62.1 Å². The highest BCUT2D eigenvalue weighted by molar-refractivity contribution is 5.84. The number of hydrogen-bond acceptors (Lipinski definition) is 1. The molecule has 0 saturated carbocycles. The zero-order valence-electron chi connectivity index (χ0n) is 16.4. The standard InChI is InChI=1S/C26H28O/c1-3-5-6-18-27-26-16-12-21(13-17-26)8-9-23-11-15-24-19-22(7-4-2)10-14-25(24)20-23/h10-17,19-20H,3-7,18H2,1-2H3. The fourth-order valence-electron chi connectivity index (χ4n) is 3.14. The maximum atomic E-state index is 5.75. The molecule has 0 aliphatic carbocycles. The van der Waals surface area contributed by atoms with Crippen LogP contribution in [0.25, 0.3) is 10.8 Å². The van der Waals surface area contributed by atoms with Crippen LogP contribution in [0.2, 0.25) is 0 Å². The minimum absolute atomic E-state index is 0.788. The normalized spacial score (nSPS) is 10.4. The number of aryl methyl sites for hydroxylation is 1. The molecule has 138 valence electrons. The third-order valence-corrected chi connectivity index (χ3v) is 4.67. The molecule has 0 amide bonds. The largest absolute Gasteiger partial charge is 0.494 e. The molecule has 0 aromatic heterocycles. The first-order valence-corrected chi connectivity index (χ1v) is 10.1. The summed E-state index contributed by atoms with van der Waals surface area (Å²) in [5, 5.41) is 2.54. The van der Waals surface area contributed by atoms with Gasteiger partial charge in [0, 0.05) is 11.1 Å². The van der Waals surface area contributed by atoms with Crippen LogP contribution in [0.3, 0.4) is 0 Å². The van der Waals surface area contributed by atoms with E-state index in [1.54, 1.807) is 0 Å². The summed E-state index contributed by atoms with van der Waals surface area (Å²) in [4.78, 5) is 0. The Labute approximate surface area is 163 Å². The van der Waals surface area contributed by atoms with Gasteiger partial charge in [-0.05, 0) is 65.6 Å². The van der Waals surface area contributed by atoms with E-state index >= 15 is 0 Å². The average Bonchev–Trinajstić information content (AvgIpc) is 2.71. The van der Waals surface area contributed by atoms with Crippen LogP contribution in [0, 0.1) is 11.8 Å². The Hall–Kier alpha value is -2.72. The molecule has 0 fully saturated rings. The van der Waals surface area contributed by atoms with Crippen molar-refractivity contribution in [2.45, 2.75) is 46.0 Å². The Balaban J connectivity index is 1.66. The lowest BCUT2D eigenvalue weighted by atomic mass is 10.0. The number of benzene rings is 3. The smallest absolute Gasteiger partial charge is 0.119 e. The first-order chi connectivity index (χ1) is 13.3. The maximum absolute atomic E-state index is 5.75. The van der Waals surface area contributed by atoms with Gasteiger partial charge in [0.25, 0.3) is 0 Å². The van der Waals surface area contributed by atoms with Gasteiger partial charge >= 0.3 is 0 Å². The summed E-state index contributed by atoms with van der Waals surface area (Å²) in [7, 11) is 0. The van der Waals surface area contributed by atoms with Crippen LogP contribution in [-0.2, 0) is 6.42 Å². The molecule has 0 unspecified atom stereocenters. The molecular formula is C26H28O. The number of fused-ring (bicyclic) bond motifs is 1. The van der Waals surface area contributed by atoms with Gasteiger partial charge in [0.15, 0.2) is 0 Å². The monoisotopic (exact) mass is 356 g/mol. The van der Waals surface area contributed by atoms with E-state index in [1.165, 1.54) is 35.6 Å². The van der Waals surface area contributed by atoms with Crippen molar-refractivity contribution in [2.24, 2.45) is 0 Å². The summed E-state index contributed by atoms with van der Waals surface area (Å²) in [6.07, 6.45) is 5.86. The molecule has 1 nitrogen and oxygen atoms in total. The van der Waals surface area contributed by atoms with Gasteiger partial charge < -0.3 is 4.74 Å². The van der Waals surface area contributed by atoms with Crippen molar-refractivity contribution in [3.8, 4) is 17.6 Å². The molecular weight excluding hydrogens is 328 g/mol. The molecule has 1 heteroatoms. The lowest BCUT2D eigenvalue weighted by molar-refractivity contribution is 0.306. The molecule has 3 rings (SSSR count). The predicted octanol–water partition coefficient (Wildman–Crippen LogP) is 6.76. The van der Waals surface area contributed by atoms with Gasteiger partial charge in [0.1, 0.15) is 5.75 Å². The molecule has 27 heavy (non-hydrogen) atoms. The van der Waals surface area contributed by atoms with Crippen molar-refractivity contribution in [3.63, 3.8) is 0 Å². The van der Waals surface area contributed by atoms with Gasteiger partial charge in [-0.1, -0.05) is 69.2 Å². The van der Waals surface area contributed by atoms with E-state index in [4.69, 9.17) is 4.74 Å². The quantitative estimate of drug-likeness (QED) is 0.335. The summed E-state index contributed by atoms with van der Waals surface area (Å²) < 4.78 is 5.75. The molecule has 0 aliphatic heterocycles. The number of rotatable bonds is 7. The third kappa shape index (κ3) is 5.63. The lowest BCUT2D eigenvalue weighted by Crippen LogP contribution is -1.96. The van der Waals surface area contributed by atoms with Crippen molar-refractivity contribution in [3.05, 3.63) is 77.4 Å². The highest BCUT2D eigenvalue weighted by atomic mass is 16.5. The summed E-state index contributed by atoms with van der Waals surface area (Å²) in [6, 6.07) is 21.2. The predicted molar refractivity (Wildman–Crippen MR) is 115 cm³/mol. The molecule has 0 bridgehead atoms. The van der Waals surface area contributed by atoms with Crippen molar-refractivity contribution in [1.29, 1.82) is 0 Å². The molecule has 3 aromatic carbocycles. The topological polar surface area (TPSA) is 9.23 Å². The van der Waals surface area contributed by atoms with Gasteiger partial charge in [-0.25, -0.2) is 0 Å². The summed E-state index contributed by atoms with van der Waals surface area (Å²) in [5.74, 6) is 7.46. The molecule has 0 radical (unpaired) electrons. The lowest BCUT2D eigenvalue weighted by Gasteiger charge is -2.05. The average molecular weight is 357 g/mol. The van der Waals surface area contributed by atoms with E-state index in [9.17, 15) is 0 Å². The molecule has 3 aromatic rings. The fourth-order valence-corrected chi connectivity index (χ4v) is 3.14. The zero-order chi connectivity index (χ0) is 18.9. The Kier molecular flexibility index (Phi) is 6.94. The number of ether oxygens (including phenoxy) is 1. The maximum Gasteiger partial charge on any atom is 0.119 e. The van der Waals surface area contributed by atoms with Crippen LogP contribution in [-0.4, -0.2) is 6.61 Å². The van der Waals surface area contributed by atoms with Crippen LogP contribution in [0.15, 0.2) is 60.7 Å². The summed E-state index contributed by atoms with van der Waals surface area (Å²) in [5.41, 5.74) is 3.46. The first-order valence-electron chi connectivity index (χ1n) is 10.1. The second-order valence-corrected chi connectivity index (χ2v) is 6.98. The van der Waals surface area contributed by atoms with Crippen LogP contribution in [0.4, 0.5) is 0 Å². The van der Waals surface area contributed by atoms with Gasteiger partial charge in [0.2, 0.25) is 0 Å². The van der Waals surface area contributed by atoms with Gasteiger partial charge in [-0.3, -0.25) is 0 Å². The zero-order valence-corrected chi connectivity index (χ0v) is 16.4. The highest BCUT2D eigenvalue weighted by Crippen LogP contribution is 2.19. The second-order valence-electron chi connectivity index (χ2n) is 6.98. The molecule has 0 N–H and O–H groups in total. The Morgan fingerprint density at radius 2 is 1.41 bits per heavy atom. The van der Waals surface area contributed by atoms with Crippen molar-refractivity contribution in [1.82, 2.24) is 0 Å².